The summed E-state index contributed by atoms with van der Waals surface area (Å²) < 4.78 is 5.15. The molecule has 0 saturated heterocycles. The molecule has 2 N–H and O–H groups in total. The summed E-state index contributed by atoms with van der Waals surface area (Å²) in [5.74, 6) is 0.882. The third-order valence-electron chi connectivity index (χ3n) is 2.75. The maximum absolute atomic E-state index is 5.81. The number of anilines is 1. The number of hydrogen-bond donors (Lipinski definition) is 1. The number of benzene rings is 2. The number of ether oxygens (including phenoxy) is 1. The first-order chi connectivity index (χ1) is 8.72. The van der Waals surface area contributed by atoms with Gasteiger partial charge in [-0.2, -0.15) is 0 Å². The van der Waals surface area contributed by atoms with Gasteiger partial charge in [0.1, 0.15) is 5.75 Å². The van der Waals surface area contributed by atoms with Crippen molar-refractivity contribution < 1.29 is 4.74 Å². The van der Waals surface area contributed by atoms with Crippen molar-refractivity contribution >= 4 is 17.4 Å². The molecule has 18 heavy (non-hydrogen) atoms. The van der Waals surface area contributed by atoms with Crippen LogP contribution in [0.15, 0.2) is 52.3 Å². The Labute approximate surface area is 112 Å². The lowest BCUT2D eigenvalue weighted by Crippen LogP contribution is -1.90. The largest absolute Gasteiger partial charge is 0.497 e. The van der Waals surface area contributed by atoms with E-state index in [-0.39, 0.29) is 0 Å². The van der Waals surface area contributed by atoms with Crippen LogP contribution in [-0.2, 0) is 6.42 Å². The Balaban J connectivity index is 2.22. The maximum Gasteiger partial charge on any atom is 0.118 e. The van der Waals surface area contributed by atoms with Crippen molar-refractivity contribution in [3.63, 3.8) is 0 Å². The summed E-state index contributed by atoms with van der Waals surface area (Å²) in [4.78, 5) is 2.46. The highest BCUT2D eigenvalue weighted by Crippen LogP contribution is 2.32. The quantitative estimate of drug-likeness (QED) is 0.843. The summed E-state index contributed by atoms with van der Waals surface area (Å²) in [6.45, 7) is 2.15. The van der Waals surface area contributed by atoms with Crippen molar-refractivity contribution in [1.82, 2.24) is 0 Å². The number of rotatable bonds is 4. The van der Waals surface area contributed by atoms with Gasteiger partial charge in [0.05, 0.1) is 7.11 Å². The van der Waals surface area contributed by atoms with Crippen molar-refractivity contribution in [2.45, 2.75) is 23.1 Å². The summed E-state index contributed by atoms with van der Waals surface area (Å²) in [6.07, 6.45) is 0.990. The number of nitrogens with two attached hydrogens (primary N) is 1. The van der Waals surface area contributed by atoms with Gasteiger partial charge < -0.3 is 10.5 Å². The van der Waals surface area contributed by atoms with Gasteiger partial charge in [-0.05, 0) is 54.4 Å². The Hall–Kier alpha value is -1.61. The molecule has 2 aromatic carbocycles. The molecule has 0 bridgehead atoms. The Morgan fingerprint density at radius 3 is 2.44 bits per heavy atom. The lowest BCUT2D eigenvalue weighted by atomic mass is 10.1. The zero-order valence-corrected chi connectivity index (χ0v) is 11.5. The van der Waals surface area contributed by atoms with Crippen molar-refractivity contribution in [2.24, 2.45) is 0 Å². The minimum absolute atomic E-state index is 0.825. The van der Waals surface area contributed by atoms with Crippen LogP contribution in [0.3, 0.4) is 0 Å². The van der Waals surface area contributed by atoms with E-state index in [0.29, 0.717) is 0 Å². The summed E-state index contributed by atoms with van der Waals surface area (Å²) in [6, 6.07) is 14.2. The lowest BCUT2D eigenvalue weighted by Gasteiger charge is -2.09. The molecular weight excluding hydrogens is 242 g/mol. The number of nitrogen functional groups attached to an aromatic ring is 1. The van der Waals surface area contributed by atoms with E-state index >= 15 is 0 Å². The molecule has 0 radical (unpaired) electrons. The Kier molecular flexibility index (Phi) is 4.15. The third-order valence-corrected chi connectivity index (χ3v) is 3.88. The van der Waals surface area contributed by atoms with Crippen LogP contribution >= 0.6 is 11.8 Å². The Morgan fingerprint density at radius 2 is 1.83 bits per heavy atom. The summed E-state index contributed by atoms with van der Waals surface area (Å²) in [7, 11) is 1.68. The van der Waals surface area contributed by atoms with Gasteiger partial charge in [-0.25, -0.2) is 0 Å². The van der Waals surface area contributed by atoms with Gasteiger partial charge in [0.2, 0.25) is 0 Å². The minimum atomic E-state index is 0.825. The van der Waals surface area contributed by atoms with Gasteiger partial charge in [-0.15, -0.1) is 0 Å². The molecule has 0 amide bonds. The highest BCUT2D eigenvalue weighted by Gasteiger charge is 2.04. The van der Waals surface area contributed by atoms with E-state index in [9.17, 15) is 0 Å². The first kappa shape index (κ1) is 12.8. The van der Waals surface area contributed by atoms with Crippen LogP contribution < -0.4 is 10.5 Å². The average molecular weight is 259 g/mol. The van der Waals surface area contributed by atoms with E-state index in [1.807, 2.05) is 24.3 Å². The molecule has 0 fully saturated rings. The van der Waals surface area contributed by atoms with Gasteiger partial charge in [0.15, 0.2) is 0 Å². The second-order valence-electron chi connectivity index (χ2n) is 4.00. The molecular formula is C15H17NOS. The highest BCUT2D eigenvalue weighted by atomic mass is 32.2. The van der Waals surface area contributed by atoms with E-state index in [1.54, 1.807) is 18.9 Å². The van der Waals surface area contributed by atoms with Gasteiger partial charge in [0, 0.05) is 15.5 Å². The molecule has 0 aliphatic rings. The summed E-state index contributed by atoms with van der Waals surface area (Å²) >= 11 is 1.76. The van der Waals surface area contributed by atoms with E-state index in [1.165, 1.54) is 15.4 Å². The normalized spacial score (nSPS) is 10.3. The zero-order chi connectivity index (χ0) is 13.0. The molecule has 2 aromatic rings. The van der Waals surface area contributed by atoms with Crippen molar-refractivity contribution in [3.8, 4) is 5.75 Å². The van der Waals surface area contributed by atoms with Crippen LogP contribution in [0.1, 0.15) is 12.5 Å². The van der Waals surface area contributed by atoms with Crippen molar-refractivity contribution in [1.29, 1.82) is 0 Å². The van der Waals surface area contributed by atoms with Gasteiger partial charge in [0.25, 0.3) is 0 Å². The SMILES string of the molecule is CCc1cc(N)ccc1Sc1ccc(OC)cc1. The number of aryl methyl sites for hydroxylation is 1. The average Bonchev–Trinajstić information content (AvgIpc) is 2.41. The van der Waals surface area contributed by atoms with E-state index in [2.05, 4.69) is 25.1 Å². The molecule has 0 spiro atoms. The van der Waals surface area contributed by atoms with Gasteiger partial charge in [-0.1, -0.05) is 18.7 Å². The molecule has 0 saturated carbocycles. The van der Waals surface area contributed by atoms with E-state index in [0.717, 1.165) is 17.9 Å². The van der Waals surface area contributed by atoms with Crippen LogP contribution in [0.2, 0.25) is 0 Å². The lowest BCUT2D eigenvalue weighted by molar-refractivity contribution is 0.414. The van der Waals surface area contributed by atoms with Crippen LogP contribution in [0.4, 0.5) is 5.69 Å². The second kappa shape index (κ2) is 5.83. The molecule has 0 atom stereocenters. The maximum atomic E-state index is 5.81. The zero-order valence-electron chi connectivity index (χ0n) is 10.6. The molecule has 94 valence electrons. The van der Waals surface area contributed by atoms with Crippen LogP contribution in [0.25, 0.3) is 0 Å². The monoisotopic (exact) mass is 259 g/mol. The number of methoxy groups -OCH3 is 1. The molecule has 2 nitrogen and oxygen atoms in total. The topological polar surface area (TPSA) is 35.2 Å². The smallest absolute Gasteiger partial charge is 0.118 e. The standard InChI is InChI=1S/C15H17NOS/c1-3-11-10-12(16)4-9-15(11)18-14-7-5-13(17-2)6-8-14/h4-10H,3,16H2,1-2H3. The summed E-state index contributed by atoms with van der Waals surface area (Å²) in [5.41, 5.74) is 7.92. The first-order valence-electron chi connectivity index (χ1n) is 5.93. The van der Waals surface area contributed by atoms with Crippen molar-refractivity contribution in [3.05, 3.63) is 48.0 Å². The molecule has 0 aromatic heterocycles. The molecule has 0 unspecified atom stereocenters. The predicted octanol–water partition coefficient (Wildman–Crippen LogP) is 3.99. The van der Waals surface area contributed by atoms with Crippen LogP contribution in [-0.4, -0.2) is 7.11 Å². The number of hydrogen-bond acceptors (Lipinski definition) is 3. The van der Waals surface area contributed by atoms with E-state index in [4.69, 9.17) is 10.5 Å². The predicted molar refractivity (Wildman–Crippen MR) is 77.3 cm³/mol. The Bertz CT molecular complexity index is 523. The minimum Gasteiger partial charge on any atom is -0.497 e. The summed E-state index contributed by atoms with van der Waals surface area (Å²) in [5, 5.41) is 0. The van der Waals surface area contributed by atoms with Crippen LogP contribution in [0.5, 0.6) is 5.75 Å². The third kappa shape index (κ3) is 2.99. The fraction of sp³-hybridized carbons (Fsp3) is 0.200. The Morgan fingerprint density at radius 1 is 1.11 bits per heavy atom. The van der Waals surface area contributed by atoms with Gasteiger partial charge >= 0.3 is 0 Å². The van der Waals surface area contributed by atoms with Crippen molar-refractivity contribution in [2.75, 3.05) is 12.8 Å². The van der Waals surface area contributed by atoms with Crippen LogP contribution in [0, 0.1) is 0 Å². The molecule has 2 rings (SSSR count). The second-order valence-corrected chi connectivity index (χ2v) is 5.11. The molecule has 0 aliphatic carbocycles. The molecule has 0 heterocycles. The molecule has 3 heteroatoms. The molecule has 0 aliphatic heterocycles. The fourth-order valence-corrected chi connectivity index (χ4v) is 2.74. The van der Waals surface area contributed by atoms with E-state index < -0.39 is 0 Å². The fourth-order valence-electron chi connectivity index (χ4n) is 1.75. The van der Waals surface area contributed by atoms with Gasteiger partial charge in [-0.3, -0.25) is 0 Å². The first-order valence-corrected chi connectivity index (χ1v) is 6.75. The highest BCUT2D eigenvalue weighted by molar-refractivity contribution is 7.99.